The lowest BCUT2D eigenvalue weighted by Gasteiger charge is -2.29. The Morgan fingerprint density at radius 2 is 2.12 bits per heavy atom. The minimum absolute atomic E-state index is 0.149. The molecule has 0 spiro atoms. The SMILES string of the molecule is COc1cc(O)ccc1C1C=C(C)C=CN1C. The first-order valence-electron chi connectivity index (χ1n) is 5.57. The molecule has 3 nitrogen and oxygen atoms in total. The summed E-state index contributed by atoms with van der Waals surface area (Å²) in [4.78, 5) is 2.11. The van der Waals surface area contributed by atoms with Crippen LogP contribution in [0.2, 0.25) is 0 Å². The molecule has 1 aromatic carbocycles. The van der Waals surface area contributed by atoms with Gasteiger partial charge in [-0.15, -0.1) is 0 Å². The van der Waals surface area contributed by atoms with Gasteiger partial charge < -0.3 is 14.7 Å². The molecule has 1 unspecified atom stereocenters. The molecule has 0 saturated carbocycles. The lowest BCUT2D eigenvalue weighted by atomic mass is 9.99. The normalized spacial score (nSPS) is 19.1. The van der Waals surface area contributed by atoms with Crippen LogP contribution in [0.1, 0.15) is 18.5 Å². The van der Waals surface area contributed by atoms with Crippen molar-refractivity contribution < 1.29 is 9.84 Å². The van der Waals surface area contributed by atoms with Gasteiger partial charge in [-0.3, -0.25) is 0 Å². The maximum atomic E-state index is 9.46. The number of phenolic OH excluding ortho intramolecular Hbond substituents is 1. The first-order valence-corrected chi connectivity index (χ1v) is 5.57. The largest absolute Gasteiger partial charge is 0.508 e. The van der Waals surface area contributed by atoms with E-state index in [1.165, 1.54) is 5.57 Å². The summed E-state index contributed by atoms with van der Waals surface area (Å²) in [7, 11) is 3.64. The molecular weight excluding hydrogens is 214 g/mol. The van der Waals surface area contributed by atoms with E-state index in [-0.39, 0.29) is 11.8 Å². The molecule has 1 aliphatic rings. The lowest BCUT2D eigenvalue weighted by Crippen LogP contribution is -2.20. The average Bonchev–Trinajstić information content (AvgIpc) is 2.32. The zero-order valence-corrected chi connectivity index (χ0v) is 10.3. The van der Waals surface area contributed by atoms with Crippen molar-refractivity contribution in [3.63, 3.8) is 0 Å². The molecule has 1 atom stereocenters. The molecule has 1 aromatic rings. The standard InChI is InChI=1S/C14H17NO2/c1-10-6-7-15(2)13(8-10)12-5-4-11(16)9-14(12)17-3/h4-9,13,16H,1-3H3. The fourth-order valence-corrected chi connectivity index (χ4v) is 2.00. The second-order valence-electron chi connectivity index (χ2n) is 4.26. The maximum Gasteiger partial charge on any atom is 0.128 e. The zero-order valence-electron chi connectivity index (χ0n) is 10.3. The van der Waals surface area contributed by atoms with Crippen molar-refractivity contribution in [2.24, 2.45) is 0 Å². The number of allylic oxidation sites excluding steroid dienone is 2. The highest BCUT2D eigenvalue weighted by Crippen LogP contribution is 2.34. The molecule has 0 bridgehead atoms. The summed E-state index contributed by atoms with van der Waals surface area (Å²) >= 11 is 0. The van der Waals surface area contributed by atoms with Crippen molar-refractivity contribution in [1.29, 1.82) is 0 Å². The third-order valence-electron chi connectivity index (χ3n) is 2.97. The molecule has 0 radical (unpaired) electrons. The van der Waals surface area contributed by atoms with E-state index in [1.54, 1.807) is 19.2 Å². The third kappa shape index (κ3) is 2.28. The van der Waals surface area contributed by atoms with Gasteiger partial charge in [0.2, 0.25) is 0 Å². The number of hydrogen-bond donors (Lipinski definition) is 1. The van der Waals surface area contributed by atoms with Crippen LogP contribution < -0.4 is 4.74 Å². The molecule has 0 saturated heterocycles. The van der Waals surface area contributed by atoms with Crippen LogP contribution in [-0.2, 0) is 0 Å². The van der Waals surface area contributed by atoms with Crippen molar-refractivity contribution in [3.05, 3.63) is 47.7 Å². The Hall–Kier alpha value is -1.90. The molecule has 0 aromatic heterocycles. The smallest absolute Gasteiger partial charge is 0.128 e. The van der Waals surface area contributed by atoms with E-state index in [2.05, 4.69) is 24.0 Å². The molecule has 17 heavy (non-hydrogen) atoms. The summed E-state index contributed by atoms with van der Waals surface area (Å²) in [6, 6.07) is 5.38. The minimum Gasteiger partial charge on any atom is -0.508 e. The Morgan fingerprint density at radius 1 is 1.35 bits per heavy atom. The van der Waals surface area contributed by atoms with Gasteiger partial charge >= 0.3 is 0 Å². The van der Waals surface area contributed by atoms with Gasteiger partial charge in [-0.1, -0.05) is 11.6 Å². The van der Waals surface area contributed by atoms with Crippen LogP contribution in [0.15, 0.2) is 42.1 Å². The number of methoxy groups -OCH3 is 1. The lowest BCUT2D eigenvalue weighted by molar-refractivity contribution is 0.357. The molecule has 2 rings (SSSR count). The Bertz CT molecular complexity index is 477. The second kappa shape index (κ2) is 4.53. The maximum absolute atomic E-state index is 9.46. The van der Waals surface area contributed by atoms with Crippen LogP contribution in [-0.4, -0.2) is 24.2 Å². The van der Waals surface area contributed by atoms with Crippen LogP contribution >= 0.6 is 0 Å². The molecule has 0 fully saturated rings. The fourth-order valence-electron chi connectivity index (χ4n) is 2.00. The van der Waals surface area contributed by atoms with Gasteiger partial charge in [-0.05, 0) is 31.3 Å². The summed E-state index contributed by atoms with van der Waals surface area (Å²) in [6.45, 7) is 2.07. The van der Waals surface area contributed by atoms with Crippen LogP contribution in [0.25, 0.3) is 0 Å². The van der Waals surface area contributed by atoms with E-state index in [1.807, 2.05) is 19.3 Å². The van der Waals surface area contributed by atoms with Crippen LogP contribution in [0.4, 0.5) is 0 Å². The van der Waals surface area contributed by atoms with Crippen LogP contribution in [0.3, 0.4) is 0 Å². The Morgan fingerprint density at radius 3 is 2.82 bits per heavy atom. The summed E-state index contributed by atoms with van der Waals surface area (Å²) in [5.41, 5.74) is 2.28. The van der Waals surface area contributed by atoms with Gasteiger partial charge in [0.25, 0.3) is 0 Å². The van der Waals surface area contributed by atoms with E-state index in [0.717, 1.165) is 5.56 Å². The van der Waals surface area contributed by atoms with Crippen LogP contribution in [0, 0.1) is 0 Å². The van der Waals surface area contributed by atoms with E-state index < -0.39 is 0 Å². The monoisotopic (exact) mass is 231 g/mol. The fraction of sp³-hybridized carbons (Fsp3) is 0.286. The molecule has 3 heteroatoms. The summed E-state index contributed by atoms with van der Waals surface area (Å²) in [5.74, 6) is 0.932. The van der Waals surface area contributed by atoms with Crippen molar-refractivity contribution >= 4 is 0 Å². The van der Waals surface area contributed by atoms with Crippen LogP contribution in [0.5, 0.6) is 11.5 Å². The van der Waals surface area contributed by atoms with Gasteiger partial charge in [0.05, 0.1) is 13.2 Å². The quantitative estimate of drug-likeness (QED) is 0.849. The highest BCUT2D eigenvalue weighted by Gasteiger charge is 2.19. The van der Waals surface area contributed by atoms with E-state index >= 15 is 0 Å². The molecule has 90 valence electrons. The first kappa shape index (κ1) is 11.6. The number of nitrogens with zero attached hydrogens (tertiary/aromatic N) is 1. The zero-order chi connectivity index (χ0) is 12.4. The van der Waals surface area contributed by atoms with Gasteiger partial charge in [-0.25, -0.2) is 0 Å². The molecule has 0 aliphatic carbocycles. The number of hydrogen-bond acceptors (Lipinski definition) is 3. The van der Waals surface area contributed by atoms with E-state index in [9.17, 15) is 5.11 Å². The van der Waals surface area contributed by atoms with Crippen molar-refractivity contribution in [2.45, 2.75) is 13.0 Å². The summed E-state index contributed by atoms with van der Waals surface area (Å²) < 4.78 is 5.32. The first-order chi connectivity index (χ1) is 8.11. The third-order valence-corrected chi connectivity index (χ3v) is 2.97. The number of likely N-dealkylation sites (N-methyl/N-ethyl adjacent to an activating group) is 1. The molecule has 1 heterocycles. The Kier molecular flexibility index (Phi) is 3.09. The number of aromatic hydroxyl groups is 1. The Labute approximate surface area is 102 Å². The molecule has 1 N–H and O–H groups in total. The van der Waals surface area contributed by atoms with Crippen molar-refractivity contribution in [2.75, 3.05) is 14.2 Å². The number of ether oxygens (including phenoxy) is 1. The van der Waals surface area contributed by atoms with Gasteiger partial charge in [0, 0.05) is 18.7 Å². The highest BCUT2D eigenvalue weighted by molar-refractivity contribution is 5.45. The summed E-state index contributed by atoms with van der Waals surface area (Å²) in [6.07, 6.45) is 6.30. The molecular formula is C14H17NO2. The highest BCUT2D eigenvalue weighted by atomic mass is 16.5. The van der Waals surface area contributed by atoms with Gasteiger partial charge in [0.15, 0.2) is 0 Å². The van der Waals surface area contributed by atoms with E-state index in [0.29, 0.717) is 5.75 Å². The topological polar surface area (TPSA) is 32.7 Å². The summed E-state index contributed by atoms with van der Waals surface area (Å²) in [5, 5.41) is 9.46. The van der Waals surface area contributed by atoms with Crippen molar-refractivity contribution in [1.82, 2.24) is 4.90 Å². The van der Waals surface area contributed by atoms with E-state index in [4.69, 9.17) is 4.74 Å². The number of benzene rings is 1. The number of phenols is 1. The predicted octanol–water partition coefficient (Wildman–Crippen LogP) is 2.85. The van der Waals surface area contributed by atoms with Gasteiger partial charge in [0.1, 0.15) is 11.5 Å². The molecule has 0 amide bonds. The van der Waals surface area contributed by atoms with Crippen molar-refractivity contribution in [3.8, 4) is 11.5 Å². The Balaban J connectivity index is 2.43. The molecule has 1 aliphatic heterocycles. The second-order valence-corrected chi connectivity index (χ2v) is 4.26. The average molecular weight is 231 g/mol. The number of rotatable bonds is 2. The predicted molar refractivity (Wildman–Crippen MR) is 68.1 cm³/mol. The van der Waals surface area contributed by atoms with Gasteiger partial charge in [-0.2, -0.15) is 0 Å². The minimum atomic E-state index is 0.149.